The quantitative estimate of drug-likeness (QED) is 0.716. The number of aromatic nitrogens is 3. The molecule has 1 aromatic carbocycles. The highest BCUT2D eigenvalue weighted by atomic mass is 16.2. The third kappa shape index (κ3) is 3.91. The van der Waals surface area contributed by atoms with Crippen LogP contribution in [0.2, 0.25) is 0 Å². The van der Waals surface area contributed by atoms with Crippen LogP contribution in [0.1, 0.15) is 43.6 Å². The minimum Gasteiger partial charge on any atom is -0.361 e. The Morgan fingerprint density at radius 2 is 1.70 bits per heavy atom. The molecule has 1 amide bonds. The fourth-order valence-electron chi connectivity index (χ4n) is 5.10. The summed E-state index contributed by atoms with van der Waals surface area (Å²) in [6.07, 6.45) is 11.1. The molecule has 2 aliphatic rings. The minimum atomic E-state index is 0.319. The van der Waals surface area contributed by atoms with Crippen LogP contribution in [0.15, 0.2) is 48.9 Å². The van der Waals surface area contributed by atoms with E-state index in [1.807, 2.05) is 11.0 Å². The Bertz CT molecular complexity index is 985. The van der Waals surface area contributed by atoms with Gasteiger partial charge in [0.2, 0.25) is 11.9 Å². The second-order valence-electron chi connectivity index (χ2n) is 8.63. The van der Waals surface area contributed by atoms with Crippen LogP contribution >= 0.6 is 0 Å². The average Bonchev–Trinajstić information content (AvgIpc) is 3.24. The molecule has 5 rings (SSSR count). The van der Waals surface area contributed by atoms with Crippen LogP contribution in [0.5, 0.6) is 0 Å². The largest absolute Gasteiger partial charge is 0.361 e. The number of aromatic amines is 1. The van der Waals surface area contributed by atoms with E-state index in [2.05, 4.69) is 50.3 Å². The van der Waals surface area contributed by atoms with Crippen molar-refractivity contribution in [1.82, 2.24) is 19.9 Å². The van der Waals surface area contributed by atoms with Gasteiger partial charge in [-0.1, -0.05) is 18.2 Å². The van der Waals surface area contributed by atoms with E-state index in [0.29, 0.717) is 24.2 Å². The lowest BCUT2D eigenvalue weighted by atomic mass is 9.77. The lowest BCUT2D eigenvalue weighted by molar-refractivity contribution is -0.132. The summed E-state index contributed by atoms with van der Waals surface area (Å²) in [5, 5.41) is 1.36. The van der Waals surface area contributed by atoms with Gasteiger partial charge in [-0.15, -0.1) is 0 Å². The van der Waals surface area contributed by atoms with Crippen LogP contribution in [0.25, 0.3) is 10.9 Å². The Balaban J connectivity index is 1.11. The first-order valence-electron chi connectivity index (χ1n) is 11.1. The van der Waals surface area contributed by atoms with Gasteiger partial charge in [0, 0.05) is 62.1 Å². The predicted octanol–water partition coefficient (Wildman–Crippen LogP) is 3.97. The van der Waals surface area contributed by atoms with E-state index in [-0.39, 0.29) is 0 Å². The smallest absolute Gasteiger partial charge is 0.225 e. The molecule has 0 radical (unpaired) electrons. The first-order valence-corrected chi connectivity index (χ1v) is 11.1. The molecule has 0 unspecified atom stereocenters. The summed E-state index contributed by atoms with van der Waals surface area (Å²) < 4.78 is 0. The van der Waals surface area contributed by atoms with Gasteiger partial charge in [-0.2, -0.15) is 0 Å². The van der Waals surface area contributed by atoms with Gasteiger partial charge in [-0.25, -0.2) is 9.97 Å². The molecule has 0 atom stereocenters. The van der Waals surface area contributed by atoms with Crippen LogP contribution in [0, 0.1) is 5.92 Å². The number of para-hydroxylation sites is 1. The molecule has 156 valence electrons. The zero-order valence-electron chi connectivity index (χ0n) is 17.3. The van der Waals surface area contributed by atoms with Gasteiger partial charge in [0.15, 0.2) is 0 Å². The number of carbonyl (C=O) groups is 1. The second kappa shape index (κ2) is 8.46. The molecule has 2 aromatic heterocycles. The van der Waals surface area contributed by atoms with Gasteiger partial charge in [-0.3, -0.25) is 4.79 Å². The summed E-state index contributed by atoms with van der Waals surface area (Å²) in [7, 11) is 0. The summed E-state index contributed by atoms with van der Waals surface area (Å²) in [6, 6.07) is 10.4. The third-order valence-electron chi connectivity index (χ3n) is 6.84. The molecule has 30 heavy (non-hydrogen) atoms. The van der Waals surface area contributed by atoms with Crippen molar-refractivity contribution >= 4 is 22.8 Å². The Hall–Kier alpha value is -2.89. The highest BCUT2D eigenvalue weighted by molar-refractivity contribution is 5.83. The van der Waals surface area contributed by atoms with E-state index in [4.69, 9.17) is 0 Å². The van der Waals surface area contributed by atoms with Crippen molar-refractivity contribution in [2.24, 2.45) is 5.92 Å². The molecular weight excluding hydrogens is 374 g/mol. The van der Waals surface area contributed by atoms with E-state index >= 15 is 0 Å². The number of H-pyrrole nitrogens is 1. The SMILES string of the molecule is O=C(CC1CCC(c2c[nH]c3ccccc23)CC1)N1CCN(c2ncccn2)CC1. The van der Waals surface area contributed by atoms with Crippen molar-refractivity contribution in [3.63, 3.8) is 0 Å². The molecule has 6 heteroatoms. The topological polar surface area (TPSA) is 65.1 Å². The number of hydrogen-bond donors (Lipinski definition) is 1. The Morgan fingerprint density at radius 3 is 2.47 bits per heavy atom. The lowest BCUT2D eigenvalue weighted by Gasteiger charge is -2.36. The lowest BCUT2D eigenvalue weighted by Crippen LogP contribution is -2.49. The molecule has 2 fully saturated rings. The fourth-order valence-corrected chi connectivity index (χ4v) is 5.10. The molecule has 1 N–H and O–H groups in total. The zero-order chi connectivity index (χ0) is 20.3. The Kier molecular flexibility index (Phi) is 5.39. The van der Waals surface area contributed by atoms with Crippen molar-refractivity contribution in [2.45, 2.75) is 38.0 Å². The standard InChI is InChI=1S/C24H29N5O/c30-23(28-12-14-29(15-13-28)24-25-10-3-11-26-24)16-18-6-8-19(9-7-18)21-17-27-22-5-2-1-4-20(21)22/h1-5,10-11,17-19,27H,6-9,12-16H2. The molecule has 6 nitrogen and oxygen atoms in total. The maximum atomic E-state index is 12.9. The van der Waals surface area contributed by atoms with E-state index in [1.54, 1.807) is 12.4 Å². The van der Waals surface area contributed by atoms with Gasteiger partial charge in [0.05, 0.1) is 0 Å². The second-order valence-corrected chi connectivity index (χ2v) is 8.63. The van der Waals surface area contributed by atoms with Crippen LogP contribution in [0.3, 0.4) is 0 Å². The Morgan fingerprint density at radius 1 is 0.967 bits per heavy atom. The van der Waals surface area contributed by atoms with Crippen molar-refractivity contribution in [2.75, 3.05) is 31.1 Å². The first kappa shape index (κ1) is 19.1. The Labute approximate surface area is 177 Å². The number of benzene rings is 1. The van der Waals surface area contributed by atoms with Crippen LogP contribution in [0.4, 0.5) is 5.95 Å². The van der Waals surface area contributed by atoms with Gasteiger partial charge in [0.25, 0.3) is 0 Å². The van der Waals surface area contributed by atoms with Crippen LogP contribution in [-0.2, 0) is 4.79 Å². The maximum absolute atomic E-state index is 12.9. The first-order chi connectivity index (χ1) is 14.8. The van der Waals surface area contributed by atoms with Gasteiger partial charge in [0.1, 0.15) is 0 Å². The van der Waals surface area contributed by atoms with E-state index in [1.165, 1.54) is 29.3 Å². The molecule has 0 bridgehead atoms. The number of carbonyl (C=O) groups excluding carboxylic acids is 1. The van der Waals surface area contributed by atoms with Crippen LogP contribution < -0.4 is 4.90 Å². The normalized spacial score (nSPS) is 22.4. The highest BCUT2D eigenvalue weighted by Gasteiger charge is 2.28. The van der Waals surface area contributed by atoms with Gasteiger partial charge < -0.3 is 14.8 Å². The number of amides is 1. The van der Waals surface area contributed by atoms with Crippen LogP contribution in [-0.4, -0.2) is 51.9 Å². The molecular formula is C24H29N5O. The monoisotopic (exact) mass is 403 g/mol. The highest BCUT2D eigenvalue weighted by Crippen LogP contribution is 2.39. The molecule has 1 saturated heterocycles. The number of piperazine rings is 1. The maximum Gasteiger partial charge on any atom is 0.225 e. The van der Waals surface area contributed by atoms with Gasteiger partial charge >= 0.3 is 0 Å². The van der Waals surface area contributed by atoms with E-state index in [9.17, 15) is 4.79 Å². The fraction of sp³-hybridized carbons (Fsp3) is 0.458. The van der Waals surface area contributed by atoms with E-state index in [0.717, 1.165) is 45.0 Å². The van der Waals surface area contributed by atoms with Crippen molar-refractivity contribution in [1.29, 1.82) is 0 Å². The summed E-state index contributed by atoms with van der Waals surface area (Å²) in [5.74, 6) is 2.22. The summed E-state index contributed by atoms with van der Waals surface area (Å²) >= 11 is 0. The summed E-state index contributed by atoms with van der Waals surface area (Å²) in [5.41, 5.74) is 2.68. The number of nitrogens with zero attached hydrogens (tertiary/aromatic N) is 4. The number of anilines is 1. The summed E-state index contributed by atoms with van der Waals surface area (Å²) in [6.45, 7) is 3.15. The molecule has 1 aliphatic heterocycles. The molecule has 1 aliphatic carbocycles. The molecule has 3 aromatic rings. The average molecular weight is 404 g/mol. The predicted molar refractivity (Wildman–Crippen MR) is 118 cm³/mol. The molecule has 0 spiro atoms. The summed E-state index contributed by atoms with van der Waals surface area (Å²) in [4.78, 5) is 29.1. The number of rotatable bonds is 4. The van der Waals surface area contributed by atoms with Crippen molar-refractivity contribution in [3.05, 3.63) is 54.5 Å². The minimum absolute atomic E-state index is 0.319. The van der Waals surface area contributed by atoms with E-state index < -0.39 is 0 Å². The number of nitrogens with one attached hydrogen (secondary N) is 1. The number of fused-ring (bicyclic) bond motifs is 1. The van der Waals surface area contributed by atoms with Crippen molar-refractivity contribution < 1.29 is 4.79 Å². The molecule has 1 saturated carbocycles. The number of hydrogen-bond acceptors (Lipinski definition) is 4. The van der Waals surface area contributed by atoms with Gasteiger partial charge in [-0.05, 0) is 55.2 Å². The van der Waals surface area contributed by atoms with Crippen molar-refractivity contribution in [3.8, 4) is 0 Å². The molecule has 3 heterocycles. The zero-order valence-corrected chi connectivity index (χ0v) is 17.3. The third-order valence-corrected chi connectivity index (χ3v) is 6.84.